The van der Waals surface area contributed by atoms with Gasteiger partial charge in [-0.1, -0.05) is 0 Å². The molecule has 2 aromatic heterocycles. The predicted molar refractivity (Wildman–Crippen MR) is 86.4 cm³/mol. The normalized spacial score (nSPS) is 12.7. The van der Waals surface area contributed by atoms with Crippen LogP contribution < -0.4 is 0 Å². The van der Waals surface area contributed by atoms with Crippen LogP contribution in [0.5, 0.6) is 0 Å². The summed E-state index contributed by atoms with van der Waals surface area (Å²) in [6.07, 6.45) is 0. The summed E-state index contributed by atoms with van der Waals surface area (Å²) in [4.78, 5) is 0.116. The Morgan fingerprint density at radius 2 is 1.15 bits per heavy atom. The summed E-state index contributed by atoms with van der Waals surface area (Å²) in [5.74, 6) is 0. The van der Waals surface area contributed by atoms with Crippen LogP contribution in [0.3, 0.4) is 0 Å². The highest BCUT2D eigenvalue weighted by atomic mass is 35.7. The lowest BCUT2D eigenvalue weighted by molar-refractivity contribution is 0.608. The monoisotopic (exact) mass is 426 g/mol. The summed E-state index contributed by atoms with van der Waals surface area (Å²) in [7, 11) is 5.66. The Labute approximate surface area is 140 Å². The summed E-state index contributed by atoms with van der Waals surface area (Å²) >= 11 is 2.49. The number of halogens is 2. The highest BCUT2D eigenvalue weighted by Crippen LogP contribution is 2.44. The molecule has 2 aromatic rings. The standard InChI is InChI=1S/C8H4Cl2O4S6/c9-19(11,12)5-1-7(15-3-5)17-18-8-2-6(4-16-8)20(10,13)14/h1-4H. The molecule has 0 aliphatic rings. The topological polar surface area (TPSA) is 68.3 Å². The van der Waals surface area contributed by atoms with Crippen molar-refractivity contribution in [3.05, 3.63) is 22.9 Å². The Morgan fingerprint density at radius 3 is 1.40 bits per heavy atom. The molecule has 110 valence electrons. The number of hydrogen-bond donors (Lipinski definition) is 0. The number of hydrogen-bond acceptors (Lipinski definition) is 8. The molecule has 20 heavy (non-hydrogen) atoms. The lowest BCUT2D eigenvalue weighted by Gasteiger charge is -1.93. The van der Waals surface area contributed by atoms with E-state index >= 15 is 0 Å². The van der Waals surface area contributed by atoms with Crippen molar-refractivity contribution < 1.29 is 16.8 Å². The Hall–Kier alpha value is 0.580. The molecular formula is C8H4Cl2O4S6. The smallest absolute Gasteiger partial charge is 0.207 e. The van der Waals surface area contributed by atoms with Gasteiger partial charge in [0.25, 0.3) is 18.1 Å². The molecule has 0 aliphatic heterocycles. The van der Waals surface area contributed by atoms with E-state index in [9.17, 15) is 16.8 Å². The van der Waals surface area contributed by atoms with Gasteiger partial charge in [0.15, 0.2) is 0 Å². The molecule has 0 aromatic carbocycles. The fourth-order valence-corrected chi connectivity index (χ4v) is 8.18. The Kier molecular flexibility index (Phi) is 5.39. The molecule has 4 nitrogen and oxygen atoms in total. The molecule has 2 rings (SSSR count). The SMILES string of the molecule is O=S(=O)(Cl)c1csc(SSc2cc(S(=O)(=O)Cl)cs2)c1. The molecule has 12 heteroatoms. The maximum atomic E-state index is 11.1. The van der Waals surface area contributed by atoms with Gasteiger partial charge in [-0.05, 0) is 33.7 Å². The van der Waals surface area contributed by atoms with Crippen LogP contribution in [0.4, 0.5) is 0 Å². The van der Waals surface area contributed by atoms with Crippen molar-refractivity contribution in [2.75, 3.05) is 0 Å². The van der Waals surface area contributed by atoms with Gasteiger partial charge in [0.05, 0.1) is 18.2 Å². The van der Waals surface area contributed by atoms with E-state index in [1.54, 1.807) is 0 Å². The first-order chi connectivity index (χ1) is 9.16. The highest BCUT2D eigenvalue weighted by Gasteiger charge is 2.15. The molecule has 0 N–H and O–H groups in total. The molecule has 0 saturated heterocycles. The minimum Gasteiger partial charge on any atom is -0.207 e. The summed E-state index contributed by atoms with van der Waals surface area (Å²) < 4.78 is 45.9. The van der Waals surface area contributed by atoms with Crippen LogP contribution in [0.25, 0.3) is 0 Å². The van der Waals surface area contributed by atoms with Crippen molar-refractivity contribution in [3.8, 4) is 0 Å². The summed E-state index contributed by atoms with van der Waals surface area (Å²) in [5, 5.41) is 2.91. The second kappa shape index (κ2) is 6.37. The zero-order chi connectivity index (χ0) is 15.0. The van der Waals surface area contributed by atoms with Crippen LogP contribution in [0.1, 0.15) is 0 Å². The second-order valence-electron chi connectivity index (χ2n) is 3.25. The van der Waals surface area contributed by atoms with Crippen LogP contribution in [-0.4, -0.2) is 16.8 Å². The van der Waals surface area contributed by atoms with Gasteiger partial charge >= 0.3 is 0 Å². The molecule has 0 atom stereocenters. The molecular weight excluding hydrogens is 423 g/mol. The van der Waals surface area contributed by atoms with Gasteiger partial charge in [-0.15, -0.1) is 22.7 Å². The summed E-state index contributed by atoms with van der Waals surface area (Å²) in [6.45, 7) is 0. The average molecular weight is 427 g/mol. The zero-order valence-electron chi connectivity index (χ0n) is 9.15. The first kappa shape index (κ1) is 16.9. The van der Waals surface area contributed by atoms with E-state index in [1.165, 1.54) is 67.2 Å². The largest absolute Gasteiger partial charge is 0.262 e. The first-order valence-electron chi connectivity index (χ1n) is 4.57. The molecule has 0 amide bonds. The lowest BCUT2D eigenvalue weighted by Crippen LogP contribution is -1.85. The van der Waals surface area contributed by atoms with E-state index in [0.29, 0.717) is 0 Å². The van der Waals surface area contributed by atoms with Crippen molar-refractivity contribution in [1.82, 2.24) is 0 Å². The molecule has 0 unspecified atom stereocenters. The predicted octanol–water partition coefficient (Wildman–Crippen LogP) is 4.46. The van der Waals surface area contributed by atoms with E-state index in [-0.39, 0.29) is 9.79 Å². The maximum absolute atomic E-state index is 11.1. The zero-order valence-corrected chi connectivity index (χ0v) is 15.6. The van der Waals surface area contributed by atoms with Crippen molar-refractivity contribution in [2.24, 2.45) is 0 Å². The van der Waals surface area contributed by atoms with Crippen molar-refractivity contribution in [2.45, 2.75) is 18.2 Å². The number of thiophene rings is 2. The third kappa shape index (κ3) is 4.54. The molecule has 0 fully saturated rings. The van der Waals surface area contributed by atoms with Crippen LogP contribution in [0.15, 0.2) is 41.1 Å². The Bertz CT molecular complexity index is 749. The van der Waals surface area contributed by atoms with Crippen molar-refractivity contribution in [3.63, 3.8) is 0 Å². The van der Waals surface area contributed by atoms with E-state index in [1.807, 2.05) is 0 Å². The van der Waals surface area contributed by atoms with E-state index in [2.05, 4.69) is 0 Å². The minimum atomic E-state index is -3.71. The van der Waals surface area contributed by atoms with Crippen LogP contribution >= 0.6 is 65.6 Å². The van der Waals surface area contributed by atoms with Gasteiger partial charge in [0.2, 0.25) is 0 Å². The minimum absolute atomic E-state index is 0.0578. The highest BCUT2D eigenvalue weighted by molar-refractivity contribution is 8.77. The summed E-state index contributed by atoms with van der Waals surface area (Å²) in [5.41, 5.74) is 0. The van der Waals surface area contributed by atoms with Gasteiger partial charge in [0, 0.05) is 32.1 Å². The van der Waals surface area contributed by atoms with Crippen LogP contribution in [-0.2, 0) is 18.1 Å². The molecule has 2 heterocycles. The fraction of sp³-hybridized carbons (Fsp3) is 0. The van der Waals surface area contributed by atoms with Crippen molar-refractivity contribution >= 4 is 83.7 Å². The van der Waals surface area contributed by atoms with Gasteiger partial charge in [-0.3, -0.25) is 0 Å². The molecule has 0 radical (unpaired) electrons. The van der Waals surface area contributed by atoms with Crippen molar-refractivity contribution in [1.29, 1.82) is 0 Å². The molecule has 0 spiro atoms. The third-order valence-corrected chi connectivity index (χ3v) is 9.97. The third-order valence-electron chi connectivity index (χ3n) is 1.87. The van der Waals surface area contributed by atoms with Gasteiger partial charge in [-0.2, -0.15) is 0 Å². The van der Waals surface area contributed by atoms with Gasteiger partial charge in [-0.25, -0.2) is 16.8 Å². The second-order valence-corrected chi connectivity index (χ2v) is 12.9. The lowest BCUT2D eigenvalue weighted by atomic mass is 10.7. The average Bonchev–Trinajstić information content (AvgIpc) is 2.94. The first-order valence-corrected chi connectivity index (χ1v) is 13.1. The molecule has 0 aliphatic carbocycles. The van der Waals surface area contributed by atoms with E-state index in [4.69, 9.17) is 21.4 Å². The summed E-state index contributed by atoms with van der Waals surface area (Å²) in [6, 6.07) is 2.94. The Morgan fingerprint density at radius 1 is 0.800 bits per heavy atom. The van der Waals surface area contributed by atoms with Gasteiger partial charge in [0.1, 0.15) is 0 Å². The quantitative estimate of drug-likeness (QED) is 0.518. The maximum Gasteiger partial charge on any atom is 0.262 e. The van der Waals surface area contributed by atoms with Crippen LogP contribution in [0, 0.1) is 0 Å². The van der Waals surface area contributed by atoms with E-state index < -0.39 is 18.1 Å². The van der Waals surface area contributed by atoms with E-state index in [0.717, 1.165) is 8.42 Å². The Balaban J connectivity index is 2.06. The van der Waals surface area contributed by atoms with Gasteiger partial charge < -0.3 is 0 Å². The molecule has 0 saturated carbocycles. The fourth-order valence-electron chi connectivity index (χ4n) is 1.03. The number of rotatable bonds is 5. The molecule has 0 bridgehead atoms. The van der Waals surface area contributed by atoms with Crippen LogP contribution in [0.2, 0.25) is 0 Å².